The number of hydrogen-bond acceptors (Lipinski definition) is 5. The van der Waals surface area contributed by atoms with Crippen molar-refractivity contribution in [1.29, 1.82) is 0 Å². The van der Waals surface area contributed by atoms with E-state index in [4.69, 9.17) is 5.84 Å². The smallest absolute Gasteiger partial charge is 0.270 e. The van der Waals surface area contributed by atoms with Gasteiger partial charge in [-0.1, -0.05) is 6.07 Å². The third kappa shape index (κ3) is 3.52. The van der Waals surface area contributed by atoms with Crippen LogP contribution in [0.3, 0.4) is 0 Å². The van der Waals surface area contributed by atoms with E-state index in [1.165, 1.54) is 0 Å². The standard InChI is InChI=1S/C12H16N6O/c1-9-7-15-18(8-9)6-5-14-12(19)10-3-2-4-11(16-10)17-13/h2-4,7-8H,5-6,13H2,1H3,(H,14,19)(H,16,17). The van der Waals surface area contributed by atoms with Gasteiger partial charge in [0.2, 0.25) is 0 Å². The van der Waals surface area contributed by atoms with Gasteiger partial charge < -0.3 is 10.7 Å². The maximum absolute atomic E-state index is 11.8. The quantitative estimate of drug-likeness (QED) is 0.530. The van der Waals surface area contributed by atoms with E-state index in [1.807, 2.05) is 13.1 Å². The third-order valence-electron chi connectivity index (χ3n) is 2.52. The van der Waals surface area contributed by atoms with Gasteiger partial charge in [0.25, 0.3) is 5.91 Å². The second-order valence-corrected chi connectivity index (χ2v) is 4.09. The fourth-order valence-electron chi connectivity index (χ4n) is 1.61. The van der Waals surface area contributed by atoms with Gasteiger partial charge in [0.15, 0.2) is 0 Å². The molecule has 19 heavy (non-hydrogen) atoms. The molecule has 2 aromatic rings. The number of hydrazine groups is 1. The van der Waals surface area contributed by atoms with Crippen LogP contribution in [0.2, 0.25) is 0 Å². The number of nitrogens with zero attached hydrogens (tertiary/aromatic N) is 3. The lowest BCUT2D eigenvalue weighted by atomic mass is 10.3. The van der Waals surface area contributed by atoms with Crippen LogP contribution in [0.1, 0.15) is 16.1 Å². The van der Waals surface area contributed by atoms with Crippen molar-refractivity contribution in [2.24, 2.45) is 5.84 Å². The Morgan fingerprint density at radius 1 is 1.47 bits per heavy atom. The molecule has 4 N–H and O–H groups in total. The summed E-state index contributed by atoms with van der Waals surface area (Å²) in [6, 6.07) is 5.03. The lowest BCUT2D eigenvalue weighted by molar-refractivity contribution is 0.0947. The maximum Gasteiger partial charge on any atom is 0.270 e. The lowest BCUT2D eigenvalue weighted by Gasteiger charge is -2.06. The zero-order valence-electron chi connectivity index (χ0n) is 10.6. The molecule has 0 saturated heterocycles. The van der Waals surface area contributed by atoms with Gasteiger partial charge >= 0.3 is 0 Å². The van der Waals surface area contributed by atoms with Crippen LogP contribution in [0, 0.1) is 6.92 Å². The van der Waals surface area contributed by atoms with Crippen LogP contribution in [0.25, 0.3) is 0 Å². The molecule has 0 aliphatic carbocycles. The molecule has 1 amide bonds. The average Bonchev–Trinajstić information content (AvgIpc) is 2.84. The first-order chi connectivity index (χ1) is 9.19. The maximum atomic E-state index is 11.8. The minimum Gasteiger partial charge on any atom is -0.349 e. The fraction of sp³-hybridized carbons (Fsp3) is 0.250. The summed E-state index contributed by atoms with van der Waals surface area (Å²) >= 11 is 0. The number of aryl methyl sites for hydroxylation is 1. The molecule has 2 heterocycles. The van der Waals surface area contributed by atoms with Crippen molar-refractivity contribution in [3.63, 3.8) is 0 Å². The Morgan fingerprint density at radius 2 is 2.32 bits per heavy atom. The summed E-state index contributed by atoms with van der Waals surface area (Å²) in [5.74, 6) is 5.46. The molecule has 0 bridgehead atoms. The fourth-order valence-corrected chi connectivity index (χ4v) is 1.61. The van der Waals surface area contributed by atoms with Crippen LogP contribution in [0.15, 0.2) is 30.6 Å². The zero-order chi connectivity index (χ0) is 13.7. The summed E-state index contributed by atoms with van der Waals surface area (Å²) in [5.41, 5.74) is 3.82. The molecule has 0 saturated carbocycles. The number of amides is 1. The molecule has 0 atom stereocenters. The Bertz CT molecular complexity index is 565. The Labute approximate surface area is 110 Å². The van der Waals surface area contributed by atoms with Crippen molar-refractivity contribution in [3.8, 4) is 0 Å². The van der Waals surface area contributed by atoms with Crippen molar-refractivity contribution in [2.45, 2.75) is 13.5 Å². The molecule has 0 aliphatic rings. The van der Waals surface area contributed by atoms with Crippen LogP contribution in [-0.4, -0.2) is 27.2 Å². The Morgan fingerprint density at radius 3 is 3.00 bits per heavy atom. The van der Waals surface area contributed by atoms with E-state index in [2.05, 4.69) is 20.8 Å². The largest absolute Gasteiger partial charge is 0.349 e. The number of hydrogen-bond donors (Lipinski definition) is 3. The highest BCUT2D eigenvalue weighted by Crippen LogP contribution is 2.02. The highest BCUT2D eigenvalue weighted by atomic mass is 16.1. The molecule has 0 fully saturated rings. The Kier molecular flexibility index (Phi) is 4.09. The van der Waals surface area contributed by atoms with Gasteiger partial charge in [-0.05, 0) is 24.6 Å². The summed E-state index contributed by atoms with van der Waals surface area (Å²) in [4.78, 5) is 15.9. The Balaban J connectivity index is 1.87. The minimum atomic E-state index is -0.235. The van der Waals surface area contributed by atoms with Gasteiger partial charge in [-0.3, -0.25) is 9.48 Å². The van der Waals surface area contributed by atoms with Crippen LogP contribution >= 0.6 is 0 Å². The predicted molar refractivity (Wildman–Crippen MR) is 71.3 cm³/mol. The van der Waals surface area contributed by atoms with E-state index in [9.17, 15) is 4.79 Å². The van der Waals surface area contributed by atoms with Crippen molar-refractivity contribution in [1.82, 2.24) is 20.1 Å². The molecule has 100 valence electrons. The number of anilines is 1. The number of carbonyl (C=O) groups excluding carboxylic acids is 1. The molecule has 0 radical (unpaired) electrons. The molecular formula is C12H16N6O. The molecule has 7 heteroatoms. The molecule has 0 aliphatic heterocycles. The lowest BCUT2D eigenvalue weighted by Crippen LogP contribution is -2.28. The number of pyridine rings is 1. The number of nitrogen functional groups attached to an aromatic ring is 1. The van der Waals surface area contributed by atoms with Gasteiger partial charge in [-0.15, -0.1) is 0 Å². The van der Waals surface area contributed by atoms with Crippen LogP contribution in [0.5, 0.6) is 0 Å². The van der Waals surface area contributed by atoms with E-state index in [1.54, 1.807) is 29.1 Å². The summed E-state index contributed by atoms with van der Waals surface area (Å²) in [6.45, 7) is 3.08. The molecule has 2 aromatic heterocycles. The summed E-state index contributed by atoms with van der Waals surface area (Å²) in [6.07, 6.45) is 3.70. The van der Waals surface area contributed by atoms with E-state index in [0.29, 0.717) is 24.6 Å². The number of carbonyl (C=O) groups is 1. The second-order valence-electron chi connectivity index (χ2n) is 4.09. The van der Waals surface area contributed by atoms with Crippen molar-refractivity contribution >= 4 is 11.7 Å². The predicted octanol–water partition coefficient (Wildman–Crippen LogP) is 0.302. The van der Waals surface area contributed by atoms with Crippen LogP contribution < -0.4 is 16.6 Å². The highest BCUT2D eigenvalue weighted by molar-refractivity contribution is 5.92. The van der Waals surface area contributed by atoms with E-state index in [-0.39, 0.29) is 5.91 Å². The molecule has 2 rings (SSSR count). The van der Waals surface area contributed by atoms with E-state index >= 15 is 0 Å². The topological polar surface area (TPSA) is 97.9 Å². The summed E-state index contributed by atoms with van der Waals surface area (Å²) < 4.78 is 1.78. The van der Waals surface area contributed by atoms with Crippen molar-refractivity contribution < 1.29 is 4.79 Å². The van der Waals surface area contributed by atoms with E-state index in [0.717, 1.165) is 5.56 Å². The van der Waals surface area contributed by atoms with Gasteiger partial charge in [0.1, 0.15) is 11.5 Å². The summed E-state index contributed by atoms with van der Waals surface area (Å²) in [5, 5.41) is 6.91. The average molecular weight is 260 g/mol. The first kappa shape index (κ1) is 13.0. The van der Waals surface area contributed by atoms with Crippen molar-refractivity contribution in [2.75, 3.05) is 12.0 Å². The number of nitrogens with two attached hydrogens (primary N) is 1. The zero-order valence-corrected chi connectivity index (χ0v) is 10.6. The molecule has 0 aromatic carbocycles. The number of aromatic nitrogens is 3. The normalized spacial score (nSPS) is 10.2. The molecule has 0 spiro atoms. The van der Waals surface area contributed by atoms with Gasteiger partial charge in [-0.25, -0.2) is 10.8 Å². The SMILES string of the molecule is Cc1cnn(CCNC(=O)c2cccc(NN)n2)c1. The minimum absolute atomic E-state index is 0.235. The highest BCUT2D eigenvalue weighted by Gasteiger charge is 2.07. The number of rotatable bonds is 5. The van der Waals surface area contributed by atoms with Crippen LogP contribution in [0.4, 0.5) is 5.82 Å². The monoisotopic (exact) mass is 260 g/mol. The van der Waals surface area contributed by atoms with Crippen LogP contribution in [-0.2, 0) is 6.54 Å². The molecule has 0 unspecified atom stereocenters. The first-order valence-electron chi connectivity index (χ1n) is 5.90. The number of nitrogens with one attached hydrogen (secondary N) is 2. The second kappa shape index (κ2) is 5.96. The van der Waals surface area contributed by atoms with Crippen molar-refractivity contribution in [3.05, 3.63) is 41.9 Å². The Hall–Kier alpha value is -2.41. The molecular weight excluding hydrogens is 244 g/mol. The van der Waals surface area contributed by atoms with Gasteiger partial charge in [0, 0.05) is 12.7 Å². The third-order valence-corrected chi connectivity index (χ3v) is 2.52. The van der Waals surface area contributed by atoms with Gasteiger partial charge in [-0.2, -0.15) is 5.10 Å². The van der Waals surface area contributed by atoms with E-state index < -0.39 is 0 Å². The first-order valence-corrected chi connectivity index (χ1v) is 5.90. The van der Waals surface area contributed by atoms with Gasteiger partial charge in [0.05, 0.1) is 12.7 Å². The summed E-state index contributed by atoms with van der Waals surface area (Å²) in [7, 11) is 0. The molecule has 7 nitrogen and oxygen atoms in total.